The van der Waals surface area contributed by atoms with Gasteiger partial charge in [-0.05, 0) is 61.8 Å². The molecule has 3 rings (SSSR count). The van der Waals surface area contributed by atoms with E-state index in [4.69, 9.17) is 0 Å². The molecule has 4 heteroatoms. The topological polar surface area (TPSA) is 50.3 Å². The third-order valence-corrected chi connectivity index (χ3v) is 6.37. The van der Waals surface area contributed by atoms with E-state index in [2.05, 4.69) is 16.0 Å². The molecule has 0 aromatic carbocycles. The number of unbranched alkanes of at least 4 members (excludes halogenated alkanes) is 4. The fourth-order valence-corrected chi connectivity index (χ4v) is 4.42. The van der Waals surface area contributed by atoms with Crippen LogP contribution in [0.5, 0.6) is 0 Å². The van der Waals surface area contributed by atoms with Crippen molar-refractivity contribution in [3.63, 3.8) is 0 Å². The molecule has 0 radical (unpaired) electrons. The van der Waals surface area contributed by atoms with E-state index in [-0.39, 0.29) is 11.7 Å². The minimum absolute atomic E-state index is 0.199. The van der Waals surface area contributed by atoms with E-state index in [0.717, 1.165) is 68.7 Å². The number of rotatable bonds is 11. The average molecular weight is 421 g/mol. The molecule has 4 nitrogen and oxygen atoms in total. The smallest absolute Gasteiger partial charge is 0.249 e. The Kier molecular flexibility index (Phi) is 9.75. The van der Waals surface area contributed by atoms with Crippen molar-refractivity contribution in [2.24, 2.45) is 5.92 Å². The van der Waals surface area contributed by atoms with Gasteiger partial charge in [-0.2, -0.15) is 0 Å². The summed E-state index contributed by atoms with van der Waals surface area (Å²) in [4.78, 5) is 30.6. The highest BCUT2D eigenvalue weighted by atomic mass is 16.2. The lowest BCUT2D eigenvalue weighted by molar-refractivity contribution is -0.128. The summed E-state index contributed by atoms with van der Waals surface area (Å²) in [5.74, 6) is 1.22. The normalized spacial score (nSPS) is 17.2. The third kappa shape index (κ3) is 8.28. The van der Waals surface area contributed by atoms with Crippen LogP contribution in [0, 0.1) is 5.92 Å². The van der Waals surface area contributed by atoms with Crippen LogP contribution < -0.4 is 0 Å². The van der Waals surface area contributed by atoms with Crippen LogP contribution in [0.1, 0.15) is 76.2 Å². The largest absolute Gasteiger partial charge is 0.339 e. The fraction of sp³-hybridized carbons (Fsp3) is 0.519. The lowest BCUT2D eigenvalue weighted by Gasteiger charge is -2.33. The second-order valence-corrected chi connectivity index (χ2v) is 8.79. The van der Waals surface area contributed by atoms with Gasteiger partial charge in [-0.15, -0.1) is 0 Å². The van der Waals surface area contributed by atoms with Crippen molar-refractivity contribution in [3.05, 3.63) is 60.0 Å². The molecule has 166 valence electrons. The fourth-order valence-electron chi connectivity index (χ4n) is 4.42. The lowest BCUT2D eigenvalue weighted by Crippen LogP contribution is -2.39. The van der Waals surface area contributed by atoms with Gasteiger partial charge < -0.3 is 4.90 Å². The van der Waals surface area contributed by atoms with Crippen LogP contribution in [0.3, 0.4) is 0 Å². The number of pyridine rings is 1. The summed E-state index contributed by atoms with van der Waals surface area (Å²) in [5, 5.41) is 0. The Morgan fingerprint density at radius 2 is 1.90 bits per heavy atom. The first-order valence-corrected chi connectivity index (χ1v) is 12.0. The molecule has 2 heterocycles. The summed E-state index contributed by atoms with van der Waals surface area (Å²) in [6, 6.07) is 3.82. The Bertz CT molecular complexity index is 787. The molecule has 0 bridgehead atoms. The van der Waals surface area contributed by atoms with Crippen LogP contribution in [0.2, 0.25) is 0 Å². The van der Waals surface area contributed by atoms with Gasteiger partial charge in [0.05, 0.1) is 0 Å². The van der Waals surface area contributed by atoms with Crippen molar-refractivity contribution in [2.45, 2.75) is 70.6 Å². The second kappa shape index (κ2) is 13.0. The molecule has 0 N–H and O–H groups in total. The van der Waals surface area contributed by atoms with Gasteiger partial charge in [0.25, 0.3) is 0 Å². The van der Waals surface area contributed by atoms with Gasteiger partial charge in [-0.25, -0.2) is 0 Å². The molecule has 1 aromatic heterocycles. The number of hydrogen-bond donors (Lipinski definition) is 0. The lowest BCUT2D eigenvalue weighted by atomic mass is 9.90. The number of nitrogens with zero attached hydrogens (tertiary/aromatic N) is 2. The average Bonchev–Trinajstić information content (AvgIpc) is 2.83. The number of aromatic nitrogens is 1. The predicted molar refractivity (Wildman–Crippen MR) is 126 cm³/mol. The van der Waals surface area contributed by atoms with E-state index >= 15 is 0 Å². The zero-order valence-electron chi connectivity index (χ0n) is 18.7. The Balaban J connectivity index is 1.19. The zero-order valence-corrected chi connectivity index (χ0v) is 18.7. The Morgan fingerprint density at radius 1 is 1.10 bits per heavy atom. The van der Waals surface area contributed by atoms with Crippen LogP contribution >= 0.6 is 0 Å². The van der Waals surface area contributed by atoms with Crippen molar-refractivity contribution in [1.82, 2.24) is 9.88 Å². The number of carbonyl (C=O) groups is 2. The number of amides is 1. The van der Waals surface area contributed by atoms with Gasteiger partial charge in [-0.1, -0.05) is 56.4 Å². The second-order valence-electron chi connectivity index (χ2n) is 8.79. The summed E-state index contributed by atoms with van der Waals surface area (Å²) >= 11 is 0. The highest BCUT2D eigenvalue weighted by Gasteiger charge is 2.24. The van der Waals surface area contributed by atoms with E-state index in [1.54, 1.807) is 18.5 Å². The maximum absolute atomic E-state index is 12.6. The van der Waals surface area contributed by atoms with E-state index in [0.29, 0.717) is 6.42 Å². The van der Waals surface area contributed by atoms with Crippen molar-refractivity contribution < 1.29 is 9.59 Å². The minimum atomic E-state index is 0.199. The Labute approximate surface area is 187 Å². The van der Waals surface area contributed by atoms with Crippen LogP contribution in [-0.4, -0.2) is 34.7 Å². The van der Waals surface area contributed by atoms with E-state index in [1.165, 1.54) is 25.7 Å². The van der Waals surface area contributed by atoms with Gasteiger partial charge >= 0.3 is 0 Å². The molecule has 0 atom stereocenters. The molecule has 0 saturated carbocycles. The summed E-state index contributed by atoms with van der Waals surface area (Å²) in [5.41, 5.74) is 1.95. The third-order valence-electron chi connectivity index (χ3n) is 6.37. The highest BCUT2D eigenvalue weighted by Crippen LogP contribution is 2.25. The first kappa shape index (κ1) is 23.2. The minimum Gasteiger partial charge on any atom is -0.339 e. The van der Waals surface area contributed by atoms with E-state index < -0.39 is 0 Å². The molecule has 0 unspecified atom stereocenters. The Hall–Kier alpha value is -2.49. The van der Waals surface area contributed by atoms with E-state index in [9.17, 15) is 9.59 Å². The van der Waals surface area contributed by atoms with Crippen LogP contribution in [0.4, 0.5) is 0 Å². The van der Waals surface area contributed by atoms with Crippen molar-refractivity contribution in [3.8, 4) is 0 Å². The summed E-state index contributed by atoms with van der Waals surface area (Å²) in [6.07, 6.45) is 25.1. The summed E-state index contributed by atoms with van der Waals surface area (Å²) < 4.78 is 0. The van der Waals surface area contributed by atoms with Crippen molar-refractivity contribution in [1.29, 1.82) is 0 Å². The molecular weight excluding hydrogens is 384 g/mol. The molecule has 1 aliphatic heterocycles. The zero-order chi connectivity index (χ0) is 21.7. The first-order valence-electron chi connectivity index (χ1n) is 12.0. The SMILES string of the molecule is O=C(C=Cc1cccnc1)CCCCCCCC1CCN(C(=O)C2=CC=CCC2)CC1. The van der Waals surface area contributed by atoms with Crippen LogP contribution in [0.15, 0.2) is 54.4 Å². The first-order chi connectivity index (χ1) is 15.2. The monoisotopic (exact) mass is 420 g/mol. The van der Waals surface area contributed by atoms with Gasteiger partial charge in [0.1, 0.15) is 0 Å². The maximum Gasteiger partial charge on any atom is 0.249 e. The van der Waals surface area contributed by atoms with Crippen LogP contribution in [-0.2, 0) is 9.59 Å². The van der Waals surface area contributed by atoms with Gasteiger partial charge in [0, 0.05) is 37.5 Å². The van der Waals surface area contributed by atoms with Crippen LogP contribution in [0.25, 0.3) is 6.08 Å². The highest BCUT2D eigenvalue weighted by molar-refractivity contribution is 5.94. The molecule has 2 aliphatic rings. The Morgan fingerprint density at radius 3 is 2.65 bits per heavy atom. The number of ketones is 1. The molecule has 1 saturated heterocycles. The van der Waals surface area contributed by atoms with Crippen molar-refractivity contribution in [2.75, 3.05) is 13.1 Å². The summed E-state index contributed by atoms with van der Waals surface area (Å²) in [6.45, 7) is 1.83. The molecule has 1 fully saturated rings. The number of carbonyl (C=O) groups excluding carboxylic acids is 2. The standard InChI is InChI=1S/C27H36N2O2/c30-26(16-15-24-11-9-19-28-22-24)14-8-3-1-2-5-10-23-17-20-29(21-18-23)27(31)25-12-6-4-7-13-25/h4,6,9,11-12,15-16,19,22-23H,1-3,5,7-8,10,13-14,17-18,20-21H2. The molecule has 31 heavy (non-hydrogen) atoms. The number of likely N-dealkylation sites (tertiary alicyclic amines) is 1. The predicted octanol–water partition coefficient (Wildman–Crippen LogP) is 5.91. The number of piperidine rings is 1. The molecular formula is C27H36N2O2. The van der Waals surface area contributed by atoms with Crippen molar-refractivity contribution >= 4 is 17.8 Å². The summed E-state index contributed by atoms with van der Waals surface area (Å²) in [7, 11) is 0. The molecule has 1 aliphatic carbocycles. The number of hydrogen-bond acceptors (Lipinski definition) is 3. The molecule has 0 spiro atoms. The molecule has 1 amide bonds. The van der Waals surface area contributed by atoms with Gasteiger partial charge in [-0.3, -0.25) is 14.6 Å². The van der Waals surface area contributed by atoms with Gasteiger partial charge in [0.2, 0.25) is 5.91 Å². The van der Waals surface area contributed by atoms with E-state index in [1.807, 2.05) is 30.4 Å². The molecule has 1 aromatic rings. The number of allylic oxidation sites excluding steroid dienone is 4. The van der Waals surface area contributed by atoms with Gasteiger partial charge in [0.15, 0.2) is 5.78 Å². The quantitative estimate of drug-likeness (QED) is 0.330. The maximum atomic E-state index is 12.6.